The number of primary amides is 1. The second-order valence-corrected chi connectivity index (χ2v) is 6.03. The molecule has 132 valence electrons. The first kappa shape index (κ1) is 17.9. The van der Waals surface area contributed by atoms with Crippen molar-refractivity contribution in [3.63, 3.8) is 0 Å². The van der Waals surface area contributed by atoms with E-state index < -0.39 is 11.7 Å². The Labute approximate surface area is 158 Å². The molecule has 0 fully saturated rings. The van der Waals surface area contributed by atoms with E-state index in [0.29, 0.717) is 27.0 Å². The molecular formula is C17H12Cl2FN5O. The second-order valence-electron chi connectivity index (χ2n) is 5.21. The van der Waals surface area contributed by atoms with Gasteiger partial charge in [0, 0.05) is 16.9 Å². The van der Waals surface area contributed by atoms with Crippen LogP contribution in [0.25, 0.3) is 0 Å². The van der Waals surface area contributed by atoms with Crippen LogP contribution in [0.1, 0.15) is 10.4 Å². The van der Waals surface area contributed by atoms with Crippen molar-refractivity contribution in [2.24, 2.45) is 5.73 Å². The number of anilines is 4. The van der Waals surface area contributed by atoms with Gasteiger partial charge in [0.1, 0.15) is 0 Å². The van der Waals surface area contributed by atoms with E-state index in [1.165, 1.54) is 0 Å². The van der Waals surface area contributed by atoms with Crippen molar-refractivity contribution in [3.8, 4) is 0 Å². The molecule has 3 aromatic rings. The Kier molecular flexibility index (Phi) is 5.20. The fourth-order valence-electron chi connectivity index (χ4n) is 2.07. The van der Waals surface area contributed by atoms with Gasteiger partial charge in [-0.1, -0.05) is 23.2 Å². The molecule has 4 N–H and O–H groups in total. The van der Waals surface area contributed by atoms with Gasteiger partial charge < -0.3 is 16.4 Å². The average molecular weight is 392 g/mol. The summed E-state index contributed by atoms with van der Waals surface area (Å²) < 4.78 is 14.0. The minimum atomic E-state index is -0.634. The number of nitrogens with zero attached hydrogens (tertiary/aromatic N) is 2. The Morgan fingerprint density at radius 2 is 1.69 bits per heavy atom. The molecule has 3 rings (SSSR count). The van der Waals surface area contributed by atoms with E-state index in [0.717, 1.165) is 6.20 Å². The Bertz CT molecular complexity index is 966. The van der Waals surface area contributed by atoms with Crippen molar-refractivity contribution in [3.05, 3.63) is 70.1 Å². The van der Waals surface area contributed by atoms with Gasteiger partial charge in [-0.05, 0) is 42.5 Å². The minimum absolute atomic E-state index is 0.0327. The number of amides is 1. The Balaban J connectivity index is 1.80. The molecule has 1 amide bonds. The molecule has 1 heterocycles. The molecule has 6 nitrogen and oxygen atoms in total. The summed E-state index contributed by atoms with van der Waals surface area (Å²) in [6.07, 6.45) is 1.03. The van der Waals surface area contributed by atoms with Gasteiger partial charge in [-0.15, -0.1) is 0 Å². The number of aromatic nitrogens is 2. The highest BCUT2D eigenvalue weighted by Gasteiger charge is 2.09. The van der Waals surface area contributed by atoms with E-state index in [1.54, 1.807) is 42.5 Å². The highest BCUT2D eigenvalue weighted by Crippen LogP contribution is 2.27. The zero-order valence-electron chi connectivity index (χ0n) is 13.1. The van der Waals surface area contributed by atoms with E-state index in [-0.39, 0.29) is 11.8 Å². The SMILES string of the molecule is NC(=O)c1ccc(Nc2ncc(F)c(Nc3ccc(Cl)c(Cl)c3)n2)cc1. The number of carbonyl (C=O) groups excluding carboxylic acids is 1. The van der Waals surface area contributed by atoms with E-state index in [9.17, 15) is 9.18 Å². The standard InChI is InChI=1S/C17H12Cl2FN5O/c18-12-6-5-11(7-13(12)19)23-16-14(20)8-22-17(25-16)24-10-3-1-9(2-4-10)15(21)26/h1-8H,(H2,21,26)(H2,22,23,24,25). The molecule has 0 aliphatic rings. The smallest absolute Gasteiger partial charge is 0.248 e. The summed E-state index contributed by atoms with van der Waals surface area (Å²) in [6.45, 7) is 0. The van der Waals surface area contributed by atoms with Crippen LogP contribution in [-0.2, 0) is 0 Å². The number of hydrogen-bond acceptors (Lipinski definition) is 5. The second kappa shape index (κ2) is 7.55. The molecule has 0 atom stereocenters. The summed E-state index contributed by atoms with van der Waals surface area (Å²) in [6, 6.07) is 11.2. The van der Waals surface area contributed by atoms with E-state index in [4.69, 9.17) is 28.9 Å². The molecule has 0 spiro atoms. The van der Waals surface area contributed by atoms with Gasteiger partial charge in [-0.25, -0.2) is 9.37 Å². The lowest BCUT2D eigenvalue weighted by molar-refractivity contribution is 0.100. The summed E-state index contributed by atoms with van der Waals surface area (Å²) in [7, 11) is 0. The largest absolute Gasteiger partial charge is 0.366 e. The summed E-state index contributed by atoms with van der Waals surface area (Å²) in [5, 5.41) is 6.46. The predicted molar refractivity (Wildman–Crippen MR) is 100.0 cm³/mol. The average Bonchev–Trinajstić information content (AvgIpc) is 2.61. The lowest BCUT2D eigenvalue weighted by Gasteiger charge is -2.10. The number of hydrogen-bond donors (Lipinski definition) is 3. The molecule has 2 aromatic carbocycles. The quantitative estimate of drug-likeness (QED) is 0.594. The van der Waals surface area contributed by atoms with E-state index in [2.05, 4.69) is 20.6 Å². The molecule has 0 aliphatic heterocycles. The predicted octanol–water partition coefficient (Wildman–Crippen LogP) is 4.51. The number of nitrogens with one attached hydrogen (secondary N) is 2. The highest BCUT2D eigenvalue weighted by molar-refractivity contribution is 6.42. The van der Waals surface area contributed by atoms with Crippen LogP contribution in [-0.4, -0.2) is 15.9 Å². The van der Waals surface area contributed by atoms with Gasteiger partial charge in [-0.2, -0.15) is 4.98 Å². The Morgan fingerprint density at radius 1 is 1.00 bits per heavy atom. The van der Waals surface area contributed by atoms with Crippen LogP contribution in [0, 0.1) is 5.82 Å². The fraction of sp³-hybridized carbons (Fsp3) is 0. The monoisotopic (exact) mass is 391 g/mol. The van der Waals surface area contributed by atoms with Crippen LogP contribution in [0.5, 0.6) is 0 Å². The van der Waals surface area contributed by atoms with Crippen LogP contribution in [0.3, 0.4) is 0 Å². The number of rotatable bonds is 5. The lowest BCUT2D eigenvalue weighted by Crippen LogP contribution is -2.10. The molecule has 0 bridgehead atoms. The van der Waals surface area contributed by atoms with Crippen molar-refractivity contribution in [1.29, 1.82) is 0 Å². The summed E-state index contributed by atoms with van der Waals surface area (Å²) in [5.74, 6) is -1.02. The summed E-state index contributed by atoms with van der Waals surface area (Å²) >= 11 is 11.8. The van der Waals surface area contributed by atoms with Gasteiger partial charge in [0.25, 0.3) is 0 Å². The maximum Gasteiger partial charge on any atom is 0.248 e. The molecule has 0 saturated carbocycles. The van der Waals surface area contributed by atoms with E-state index in [1.807, 2.05) is 0 Å². The lowest BCUT2D eigenvalue weighted by atomic mass is 10.2. The minimum Gasteiger partial charge on any atom is -0.366 e. The van der Waals surface area contributed by atoms with Gasteiger partial charge in [0.15, 0.2) is 11.6 Å². The molecule has 26 heavy (non-hydrogen) atoms. The third kappa shape index (κ3) is 4.19. The van der Waals surface area contributed by atoms with Crippen molar-refractivity contribution < 1.29 is 9.18 Å². The van der Waals surface area contributed by atoms with Crippen LogP contribution in [0.15, 0.2) is 48.7 Å². The van der Waals surface area contributed by atoms with Crippen LogP contribution >= 0.6 is 23.2 Å². The first-order valence-corrected chi connectivity index (χ1v) is 8.09. The zero-order valence-corrected chi connectivity index (χ0v) is 14.6. The number of carbonyl (C=O) groups is 1. The van der Waals surface area contributed by atoms with Crippen LogP contribution in [0.2, 0.25) is 10.0 Å². The maximum absolute atomic E-state index is 14.0. The van der Waals surface area contributed by atoms with E-state index >= 15 is 0 Å². The molecular weight excluding hydrogens is 380 g/mol. The van der Waals surface area contributed by atoms with Gasteiger partial charge >= 0.3 is 0 Å². The Morgan fingerprint density at radius 3 is 2.35 bits per heavy atom. The normalized spacial score (nSPS) is 10.4. The van der Waals surface area contributed by atoms with Gasteiger partial charge in [-0.3, -0.25) is 4.79 Å². The zero-order chi connectivity index (χ0) is 18.7. The van der Waals surface area contributed by atoms with Crippen molar-refractivity contribution in [2.45, 2.75) is 0 Å². The van der Waals surface area contributed by atoms with Crippen molar-refractivity contribution in [2.75, 3.05) is 10.6 Å². The molecule has 0 unspecified atom stereocenters. The van der Waals surface area contributed by atoms with Crippen LogP contribution in [0.4, 0.5) is 27.5 Å². The molecule has 1 aromatic heterocycles. The molecule has 0 radical (unpaired) electrons. The first-order valence-electron chi connectivity index (χ1n) is 7.34. The summed E-state index contributed by atoms with van der Waals surface area (Å²) in [5.41, 5.74) is 6.70. The molecule has 0 saturated heterocycles. The maximum atomic E-state index is 14.0. The van der Waals surface area contributed by atoms with Gasteiger partial charge in [0.05, 0.1) is 16.2 Å². The third-order valence-corrected chi connectivity index (χ3v) is 4.09. The summed E-state index contributed by atoms with van der Waals surface area (Å²) in [4.78, 5) is 19.1. The number of benzene rings is 2. The Hall–Kier alpha value is -2.90. The van der Waals surface area contributed by atoms with Gasteiger partial charge in [0.2, 0.25) is 11.9 Å². The highest BCUT2D eigenvalue weighted by atomic mass is 35.5. The first-order chi connectivity index (χ1) is 12.4. The third-order valence-electron chi connectivity index (χ3n) is 3.35. The number of halogens is 3. The molecule has 9 heteroatoms. The van der Waals surface area contributed by atoms with Crippen molar-refractivity contribution >= 4 is 52.3 Å². The topological polar surface area (TPSA) is 92.9 Å². The fourth-order valence-corrected chi connectivity index (χ4v) is 2.37. The van der Waals surface area contributed by atoms with Crippen LogP contribution < -0.4 is 16.4 Å². The molecule has 0 aliphatic carbocycles. The van der Waals surface area contributed by atoms with Crippen molar-refractivity contribution in [1.82, 2.24) is 9.97 Å². The number of nitrogens with two attached hydrogens (primary N) is 1.